The number of benzene rings is 1. The quantitative estimate of drug-likeness (QED) is 0.585. The van der Waals surface area contributed by atoms with E-state index in [0.717, 1.165) is 24.3 Å². The van der Waals surface area contributed by atoms with Crippen LogP contribution in [0, 0.1) is 11.6 Å². The molecule has 1 rings (SSSR count). The highest BCUT2D eigenvalue weighted by molar-refractivity contribution is 5.90. The Morgan fingerprint density at radius 2 is 2.12 bits per heavy atom. The maximum atomic E-state index is 13.3. The first-order valence-electron chi connectivity index (χ1n) is 4.85. The van der Waals surface area contributed by atoms with Crippen molar-refractivity contribution in [2.75, 3.05) is 6.61 Å². The van der Waals surface area contributed by atoms with Crippen LogP contribution in [-0.4, -0.2) is 12.6 Å². The molecule has 1 aromatic carbocycles. The Hall–Kier alpha value is -1.71. The molecule has 0 heterocycles. The Labute approximate surface area is 92.5 Å². The largest absolute Gasteiger partial charge is 0.463 e. The number of esters is 1. The highest BCUT2D eigenvalue weighted by Crippen LogP contribution is 2.18. The molecule has 0 saturated heterocycles. The van der Waals surface area contributed by atoms with Crippen LogP contribution in [-0.2, 0) is 9.53 Å². The molecule has 0 aliphatic heterocycles. The van der Waals surface area contributed by atoms with Gasteiger partial charge in [0, 0.05) is 11.6 Å². The molecule has 86 valence electrons. The van der Waals surface area contributed by atoms with Gasteiger partial charge < -0.3 is 4.74 Å². The van der Waals surface area contributed by atoms with E-state index in [1.165, 1.54) is 6.92 Å². The molecular formula is C12H12F2O2. The summed E-state index contributed by atoms with van der Waals surface area (Å²) in [5.41, 5.74) is 0.392. The van der Waals surface area contributed by atoms with E-state index < -0.39 is 17.6 Å². The summed E-state index contributed by atoms with van der Waals surface area (Å²) in [7, 11) is 0. The number of carbonyl (C=O) groups excluding carboxylic acids is 1. The summed E-state index contributed by atoms with van der Waals surface area (Å²) in [5.74, 6) is -1.68. The summed E-state index contributed by atoms with van der Waals surface area (Å²) in [6.45, 7) is 3.44. The van der Waals surface area contributed by atoms with Gasteiger partial charge in [-0.1, -0.05) is 0 Å². The minimum atomic E-state index is -0.570. The minimum absolute atomic E-state index is 0.0630. The summed E-state index contributed by atoms with van der Waals surface area (Å²) < 4.78 is 30.9. The molecule has 0 bridgehead atoms. The normalized spacial score (nSPS) is 11.4. The van der Waals surface area contributed by atoms with Crippen LogP contribution in [0.1, 0.15) is 19.4 Å². The zero-order chi connectivity index (χ0) is 12.1. The lowest BCUT2D eigenvalue weighted by Crippen LogP contribution is -2.01. The van der Waals surface area contributed by atoms with Crippen molar-refractivity contribution in [3.63, 3.8) is 0 Å². The molecule has 0 fully saturated rings. The lowest BCUT2D eigenvalue weighted by atomic mass is 10.1. The lowest BCUT2D eigenvalue weighted by molar-refractivity contribution is -0.137. The second-order valence-corrected chi connectivity index (χ2v) is 3.20. The second-order valence-electron chi connectivity index (χ2n) is 3.20. The smallest absolute Gasteiger partial charge is 0.331 e. The Morgan fingerprint density at radius 3 is 2.75 bits per heavy atom. The number of ether oxygens (including phenoxy) is 1. The van der Waals surface area contributed by atoms with E-state index in [0.29, 0.717) is 5.57 Å². The van der Waals surface area contributed by atoms with Gasteiger partial charge in [0.1, 0.15) is 11.6 Å². The van der Waals surface area contributed by atoms with Crippen LogP contribution in [0.3, 0.4) is 0 Å². The van der Waals surface area contributed by atoms with Gasteiger partial charge in [-0.2, -0.15) is 0 Å². The van der Waals surface area contributed by atoms with E-state index >= 15 is 0 Å². The molecule has 2 nitrogen and oxygen atoms in total. The molecule has 0 spiro atoms. The van der Waals surface area contributed by atoms with Crippen LogP contribution in [0.4, 0.5) is 8.78 Å². The molecule has 0 radical (unpaired) electrons. The van der Waals surface area contributed by atoms with Crippen molar-refractivity contribution in [2.24, 2.45) is 0 Å². The number of hydrogen-bond acceptors (Lipinski definition) is 2. The van der Waals surface area contributed by atoms with Crippen LogP contribution in [0.5, 0.6) is 0 Å². The molecule has 4 heteroatoms. The standard InChI is InChI=1S/C12H12F2O2/c1-3-16-12(15)6-8(2)10-7-9(13)4-5-11(10)14/h4-7H,3H2,1-2H3/b8-6-. The van der Waals surface area contributed by atoms with Crippen LogP contribution < -0.4 is 0 Å². The fourth-order valence-electron chi connectivity index (χ4n) is 1.24. The van der Waals surface area contributed by atoms with Gasteiger partial charge in [-0.15, -0.1) is 0 Å². The van der Waals surface area contributed by atoms with Crippen molar-refractivity contribution in [1.29, 1.82) is 0 Å². The summed E-state index contributed by atoms with van der Waals surface area (Å²) >= 11 is 0. The number of hydrogen-bond donors (Lipinski definition) is 0. The SMILES string of the molecule is CCOC(=O)/C=C(/C)c1cc(F)ccc1F. The highest BCUT2D eigenvalue weighted by Gasteiger charge is 2.07. The summed E-state index contributed by atoms with van der Waals surface area (Å²) in [6.07, 6.45) is 1.14. The van der Waals surface area contributed by atoms with Crippen molar-refractivity contribution >= 4 is 11.5 Å². The second kappa shape index (κ2) is 5.39. The first kappa shape index (κ1) is 12.4. The van der Waals surface area contributed by atoms with Crippen molar-refractivity contribution < 1.29 is 18.3 Å². The Balaban J connectivity index is 2.99. The molecule has 16 heavy (non-hydrogen) atoms. The third kappa shape index (κ3) is 3.15. The molecule has 1 aromatic rings. The fourth-order valence-corrected chi connectivity index (χ4v) is 1.24. The van der Waals surface area contributed by atoms with Gasteiger partial charge in [0.15, 0.2) is 0 Å². The molecule has 0 aromatic heterocycles. The van der Waals surface area contributed by atoms with Gasteiger partial charge in [0.25, 0.3) is 0 Å². The van der Waals surface area contributed by atoms with E-state index in [1.54, 1.807) is 6.92 Å². The van der Waals surface area contributed by atoms with Crippen LogP contribution in [0.15, 0.2) is 24.3 Å². The number of carbonyl (C=O) groups is 1. The van der Waals surface area contributed by atoms with Crippen molar-refractivity contribution in [1.82, 2.24) is 0 Å². The van der Waals surface area contributed by atoms with Gasteiger partial charge in [0.2, 0.25) is 0 Å². The molecule has 0 aliphatic carbocycles. The molecule has 0 unspecified atom stereocenters. The molecule has 0 aliphatic rings. The van der Waals surface area contributed by atoms with Gasteiger partial charge >= 0.3 is 5.97 Å². The van der Waals surface area contributed by atoms with Gasteiger partial charge in [-0.25, -0.2) is 13.6 Å². The predicted octanol–water partition coefficient (Wildman–Crippen LogP) is 2.93. The van der Waals surface area contributed by atoms with Crippen molar-refractivity contribution in [3.8, 4) is 0 Å². The minimum Gasteiger partial charge on any atom is -0.463 e. The Bertz CT molecular complexity index is 425. The monoisotopic (exact) mass is 226 g/mol. The average molecular weight is 226 g/mol. The summed E-state index contributed by atoms with van der Waals surface area (Å²) in [4.78, 5) is 11.1. The maximum absolute atomic E-state index is 13.3. The predicted molar refractivity (Wildman–Crippen MR) is 56.6 cm³/mol. The molecular weight excluding hydrogens is 214 g/mol. The Morgan fingerprint density at radius 1 is 1.44 bits per heavy atom. The van der Waals surface area contributed by atoms with Gasteiger partial charge in [-0.3, -0.25) is 0 Å². The molecule has 0 N–H and O–H groups in total. The van der Waals surface area contributed by atoms with E-state index in [-0.39, 0.29) is 12.2 Å². The van der Waals surface area contributed by atoms with E-state index in [9.17, 15) is 13.6 Å². The van der Waals surface area contributed by atoms with Gasteiger partial charge in [0.05, 0.1) is 6.61 Å². The number of halogens is 2. The van der Waals surface area contributed by atoms with E-state index in [2.05, 4.69) is 4.74 Å². The molecule has 0 atom stereocenters. The zero-order valence-electron chi connectivity index (χ0n) is 9.09. The lowest BCUT2D eigenvalue weighted by Gasteiger charge is -2.03. The van der Waals surface area contributed by atoms with E-state index in [1.807, 2.05) is 0 Å². The third-order valence-electron chi connectivity index (χ3n) is 1.97. The summed E-state index contributed by atoms with van der Waals surface area (Å²) in [5, 5.41) is 0. The third-order valence-corrected chi connectivity index (χ3v) is 1.97. The topological polar surface area (TPSA) is 26.3 Å². The first-order chi connectivity index (χ1) is 7.54. The van der Waals surface area contributed by atoms with Gasteiger partial charge in [-0.05, 0) is 37.6 Å². The Kier molecular flexibility index (Phi) is 4.17. The van der Waals surface area contributed by atoms with Crippen LogP contribution >= 0.6 is 0 Å². The van der Waals surface area contributed by atoms with Crippen LogP contribution in [0.25, 0.3) is 5.57 Å². The molecule has 0 amide bonds. The number of allylic oxidation sites excluding steroid dienone is 1. The van der Waals surface area contributed by atoms with Crippen LogP contribution in [0.2, 0.25) is 0 Å². The van der Waals surface area contributed by atoms with Crippen molar-refractivity contribution in [3.05, 3.63) is 41.5 Å². The molecule has 0 saturated carbocycles. The number of rotatable bonds is 3. The maximum Gasteiger partial charge on any atom is 0.331 e. The zero-order valence-corrected chi connectivity index (χ0v) is 9.09. The highest BCUT2D eigenvalue weighted by atomic mass is 19.1. The van der Waals surface area contributed by atoms with Crippen molar-refractivity contribution in [2.45, 2.75) is 13.8 Å². The first-order valence-corrected chi connectivity index (χ1v) is 4.85. The average Bonchev–Trinajstić information content (AvgIpc) is 2.21. The van der Waals surface area contributed by atoms with E-state index in [4.69, 9.17) is 0 Å². The summed E-state index contributed by atoms with van der Waals surface area (Å²) in [6, 6.07) is 3.09. The fraction of sp³-hybridized carbons (Fsp3) is 0.250.